The fourth-order valence-corrected chi connectivity index (χ4v) is 2.31. The number of nitrogens with one attached hydrogen (secondary N) is 1. The molecular formula is C12H20BrN3. The molecule has 1 aromatic heterocycles. The van der Waals surface area contributed by atoms with Crippen LogP contribution < -0.4 is 11.3 Å². The molecule has 0 aliphatic heterocycles. The molecule has 0 aromatic carbocycles. The zero-order valence-electron chi connectivity index (χ0n) is 9.91. The second-order valence-electron chi connectivity index (χ2n) is 4.29. The molecular weight excluding hydrogens is 266 g/mol. The van der Waals surface area contributed by atoms with Gasteiger partial charge in [0.2, 0.25) is 0 Å². The van der Waals surface area contributed by atoms with Gasteiger partial charge in [-0.05, 0) is 39.9 Å². The van der Waals surface area contributed by atoms with Crippen LogP contribution in [-0.2, 0) is 0 Å². The summed E-state index contributed by atoms with van der Waals surface area (Å²) in [5, 5.41) is 0. The van der Waals surface area contributed by atoms with E-state index in [-0.39, 0.29) is 6.04 Å². The van der Waals surface area contributed by atoms with Gasteiger partial charge in [-0.25, -0.2) is 0 Å². The number of halogens is 1. The van der Waals surface area contributed by atoms with Crippen molar-refractivity contribution in [3.05, 3.63) is 28.5 Å². The van der Waals surface area contributed by atoms with Crippen LogP contribution in [0, 0.1) is 5.92 Å². The monoisotopic (exact) mass is 285 g/mol. The summed E-state index contributed by atoms with van der Waals surface area (Å²) in [5.74, 6) is 6.28. The van der Waals surface area contributed by atoms with E-state index in [0.717, 1.165) is 16.5 Å². The summed E-state index contributed by atoms with van der Waals surface area (Å²) in [6.07, 6.45) is 7.15. The Balaban J connectivity index is 2.67. The number of aromatic nitrogens is 1. The molecule has 0 radical (unpaired) electrons. The Morgan fingerprint density at radius 1 is 1.50 bits per heavy atom. The van der Waals surface area contributed by atoms with Crippen molar-refractivity contribution in [1.82, 2.24) is 10.4 Å². The predicted octanol–water partition coefficient (Wildman–Crippen LogP) is 3.17. The van der Waals surface area contributed by atoms with Gasteiger partial charge in [0.05, 0.1) is 0 Å². The van der Waals surface area contributed by atoms with Crippen LogP contribution >= 0.6 is 15.9 Å². The van der Waals surface area contributed by atoms with Crippen LogP contribution in [0.1, 0.15) is 44.7 Å². The minimum atomic E-state index is 0.187. The average molecular weight is 286 g/mol. The summed E-state index contributed by atoms with van der Waals surface area (Å²) in [6.45, 7) is 4.47. The maximum Gasteiger partial charge on any atom is 0.0478 e. The van der Waals surface area contributed by atoms with E-state index in [1.54, 1.807) is 6.20 Å². The third kappa shape index (κ3) is 4.20. The first-order chi connectivity index (χ1) is 7.67. The molecule has 0 spiro atoms. The standard InChI is InChI=1S/C12H20BrN3/c1-3-4-9(2)5-12(16-14)10-6-11(13)8-15-7-10/h6-9,12,16H,3-5,14H2,1-2H3. The summed E-state index contributed by atoms with van der Waals surface area (Å²) in [5.41, 5.74) is 4.01. The Hall–Kier alpha value is -0.450. The molecule has 2 atom stereocenters. The highest BCUT2D eigenvalue weighted by Crippen LogP contribution is 2.24. The van der Waals surface area contributed by atoms with Crippen molar-refractivity contribution in [3.8, 4) is 0 Å². The summed E-state index contributed by atoms with van der Waals surface area (Å²) >= 11 is 3.43. The van der Waals surface area contributed by atoms with Gasteiger partial charge in [0.15, 0.2) is 0 Å². The van der Waals surface area contributed by atoms with Gasteiger partial charge in [0.25, 0.3) is 0 Å². The van der Waals surface area contributed by atoms with Crippen LogP contribution in [0.5, 0.6) is 0 Å². The number of hydrogen-bond donors (Lipinski definition) is 2. The maximum absolute atomic E-state index is 5.61. The Morgan fingerprint density at radius 3 is 2.81 bits per heavy atom. The van der Waals surface area contributed by atoms with E-state index in [2.05, 4.69) is 46.3 Å². The van der Waals surface area contributed by atoms with Gasteiger partial charge in [0, 0.05) is 22.9 Å². The van der Waals surface area contributed by atoms with Crippen molar-refractivity contribution < 1.29 is 0 Å². The molecule has 0 saturated carbocycles. The van der Waals surface area contributed by atoms with Crippen molar-refractivity contribution in [1.29, 1.82) is 0 Å². The van der Waals surface area contributed by atoms with Crippen LogP contribution in [0.2, 0.25) is 0 Å². The first-order valence-corrected chi connectivity index (χ1v) is 6.53. The number of nitrogens with zero attached hydrogens (tertiary/aromatic N) is 1. The van der Waals surface area contributed by atoms with Gasteiger partial charge >= 0.3 is 0 Å². The topological polar surface area (TPSA) is 50.9 Å². The zero-order valence-corrected chi connectivity index (χ0v) is 11.5. The zero-order chi connectivity index (χ0) is 12.0. The van der Waals surface area contributed by atoms with Crippen LogP contribution in [-0.4, -0.2) is 4.98 Å². The molecule has 1 aromatic rings. The van der Waals surface area contributed by atoms with E-state index in [0.29, 0.717) is 5.92 Å². The molecule has 2 unspecified atom stereocenters. The normalized spacial score (nSPS) is 14.8. The lowest BCUT2D eigenvalue weighted by Crippen LogP contribution is -2.29. The Labute approximate surface area is 106 Å². The highest BCUT2D eigenvalue weighted by Gasteiger charge is 2.14. The highest BCUT2D eigenvalue weighted by molar-refractivity contribution is 9.10. The molecule has 90 valence electrons. The van der Waals surface area contributed by atoms with Crippen molar-refractivity contribution in [2.24, 2.45) is 11.8 Å². The summed E-state index contributed by atoms with van der Waals surface area (Å²) in [4.78, 5) is 4.16. The van der Waals surface area contributed by atoms with E-state index in [9.17, 15) is 0 Å². The van der Waals surface area contributed by atoms with E-state index in [1.807, 2.05) is 6.20 Å². The maximum atomic E-state index is 5.61. The molecule has 0 amide bonds. The minimum Gasteiger partial charge on any atom is -0.271 e. The van der Waals surface area contributed by atoms with Gasteiger partial charge in [-0.15, -0.1) is 0 Å². The first kappa shape index (κ1) is 13.6. The SMILES string of the molecule is CCCC(C)CC(NN)c1cncc(Br)c1. The summed E-state index contributed by atoms with van der Waals surface area (Å²) in [7, 11) is 0. The van der Waals surface area contributed by atoms with Crippen LogP contribution in [0.4, 0.5) is 0 Å². The van der Waals surface area contributed by atoms with Gasteiger partial charge in [-0.3, -0.25) is 16.3 Å². The third-order valence-corrected chi connectivity index (χ3v) is 3.18. The molecule has 0 saturated heterocycles. The van der Waals surface area contributed by atoms with E-state index in [1.165, 1.54) is 12.8 Å². The lowest BCUT2D eigenvalue weighted by Gasteiger charge is -2.20. The minimum absolute atomic E-state index is 0.187. The molecule has 1 heterocycles. The largest absolute Gasteiger partial charge is 0.271 e. The van der Waals surface area contributed by atoms with Crippen LogP contribution in [0.15, 0.2) is 22.9 Å². The van der Waals surface area contributed by atoms with Gasteiger partial charge < -0.3 is 0 Å². The number of rotatable bonds is 6. The molecule has 3 N–H and O–H groups in total. The van der Waals surface area contributed by atoms with E-state index in [4.69, 9.17) is 5.84 Å². The third-order valence-electron chi connectivity index (χ3n) is 2.75. The number of nitrogens with two attached hydrogens (primary N) is 1. The molecule has 0 aliphatic rings. The molecule has 0 bridgehead atoms. The van der Waals surface area contributed by atoms with Crippen molar-refractivity contribution >= 4 is 15.9 Å². The fourth-order valence-electron chi connectivity index (χ4n) is 1.93. The second kappa shape index (κ2) is 6.99. The van der Waals surface area contributed by atoms with Crippen molar-refractivity contribution in [2.45, 2.75) is 39.2 Å². The lowest BCUT2D eigenvalue weighted by molar-refractivity contribution is 0.394. The first-order valence-electron chi connectivity index (χ1n) is 5.74. The Morgan fingerprint density at radius 2 is 2.25 bits per heavy atom. The summed E-state index contributed by atoms with van der Waals surface area (Å²) in [6, 6.07) is 2.25. The lowest BCUT2D eigenvalue weighted by atomic mass is 9.94. The number of hydrogen-bond acceptors (Lipinski definition) is 3. The molecule has 0 aliphatic carbocycles. The Bertz CT molecular complexity index is 317. The number of hydrazine groups is 1. The second-order valence-corrected chi connectivity index (χ2v) is 5.20. The number of pyridine rings is 1. The molecule has 4 heteroatoms. The average Bonchev–Trinajstić information content (AvgIpc) is 2.26. The predicted molar refractivity (Wildman–Crippen MR) is 70.7 cm³/mol. The van der Waals surface area contributed by atoms with Crippen LogP contribution in [0.25, 0.3) is 0 Å². The summed E-state index contributed by atoms with van der Waals surface area (Å²) < 4.78 is 0.994. The molecule has 16 heavy (non-hydrogen) atoms. The fraction of sp³-hybridized carbons (Fsp3) is 0.583. The molecule has 3 nitrogen and oxygen atoms in total. The van der Waals surface area contributed by atoms with Crippen molar-refractivity contribution in [3.63, 3.8) is 0 Å². The Kier molecular flexibility index (Phi) is 5.95. The van der Waals surface area contributed by atoms with Gasteiger partial charge in [0.1, 0.15) is 0 Å². The van der Waals surface area contributed by atoms with Crippen LogP contribution in [0.3, 0.4) is 0 Å². The highest BCUT2D eigenvalue weighted by atomic mass is 79.9. The van der Waals surface area contributed by atoms with E-state index < -0.39 is 0 Å². The van der Waals surface area contributed by atoms with Gasteiger partial charge in [-0.2, -0.15) is 0 Å². The molecule has 0 fully saturated rings. The molecule has 1 rings (SSSR count). The smallest absolute Gasteiger partial charge is 0.0478 e. The van der Waals surface area contributed by atoms with Gasteiger partial charge in [-0.1, -0.05) is 26.7 Å². The van der Waals surface area contributed by atoms with Crippen molar-refractivity contribution in [2.75, 3.05) is 0 Å². The quantitative estimate of drug-likeness (QED) is 0.624. The van der Waals surface area contributed by atoms with E-state index >= 15 is 0 Å².